The molecule has 2 heterocycles. The summed E-state index contributed by atoms with van der Waals surface area (Å²) in [6.07, 6.45) is 4.72. The van der Waals surface area contributed by atoms with Crippen LogP contribution in [-0.2, 0) is 24.7 Å². The van der Waals surface area contributed by atoms with Gasteiger partial charge < -0.3 is 10.1 Å². The van der Waals surface area contributed by atoms with E-state index >= 15 is 0 Å². The number of nitrogens with one attached hydrogen (secondary N) is 1. The van der Waals surface area contributed by atoms with Gasteiger partial charge in [-0.1, -0.05) is 30.3 Å². The Labute approximate surface area is 195 Å². The fourth-order valence-corrected chi connectivity index (χ4v) is 3.39. The molecule has 0 unspecified atom stereocenters. The predicted octanol–water partition coefficient (Wildman–Crippen LogP) is 4.64. The summed E-state index contributed by atoms with van der Waals surface area (Å²) in [5.74, 6) is 0.418. The van der Waals surface area contributed by atoms with Gasteiger partial charge in [-0.2, -0.15) is 13.9 Å². The van der Waals surface area contributed by atoms with E-state index in [1.165, 1.54) is 18.2 Å². The maximum atomic E-state index is 13.0. The third kappa shape index (κ3) is 6.44. The number of benzene rings is 2. The molecule has 0 fully saturated rings. The highest BCUT2D eigenvalue weighted by molar-refractivity contribution is 5.92. The number of nitrogens with zero attached hydrogens (tertiary/aromatic N) is 4. The molecule has 174 valence electrons. The van der Waals surface area contributed by atoms with E-state index < -0.39 is 6.11 Å². The average Bonchev–Trinajstić information content (AvgIpc) is 3.18. The summed E-state index contributed by atoms with van der Waals surface area (Å²) in [5, 5.41) is 6.85. The van der Waals surface area contributed by atoms with Crippen molar-refractivity contribution in [3.8, 4) is 16.9 Å². The lowest BCUT2D eigenvalue weighted by Gasteiger charge is -2.14. The molecule has 7 nitrogen and oxygen atoms in total. The molecule has 4 rings (SSSR count). The second kappa shape index (κ2) is 9.78. The van der Waals surface area contributed by atoms with Crippen molar-refractivity contribution < 1.29 is 18.3 Å². The van der Waals surface area contributed by atoms with Crippen molar-refractivity contribution >= 4 is 11.6 Å². The summed E-state index contributed by atoms with van der Waals surface area (Å²) >= 11 is 0. The molecular weight excluding hydrogens is 440 g/mol. The van der Waals surface area contributed by atoms with Crippen molar-refractivity contribution in [2.24, 2.45) is 7.05 Å². The molecule has 2 aromatic heterocycles. The van der Waals surface area contributed by atoms with E-state index in [0.717, 1.165) is 22.3 Å². The highest BCUT2D eigenvalue weighted by Crippen LogP contribution is 2.24. The van der Waals surface area contributed by atoms with E-state index in [-0.39, 0.29) is 18.1 Å². The standard InChI is InChI=1S/C25H23F2N5O2/c1-25(26,27)34-22-5-3-4-21(12-22)31-24(33)11-17-6-8-19(9-7-17)20-14-28-23(29-15-20)10-18-13-30-32(2)16-18/h3-9,12-16H,10-11H2,1-2H3,(H,31,33). The Morgan fingerprint density at radius 3 is 2.41 bits per heavy atom. The maximum Gasteiger partial charge on any atom is 0.394 e. The number of halogens is 2. The first-order valence-electron chi connectivity index (χ1n) is 10.6. The highest BCUT2D eigenvalue weighted by atomic mass is 19.3. The van der Waals surface area contributed by atoms with Crippen molar-refractivity contribution in [2.45, 2.75) is 25.9 Å². The van der Waals surface area contributed by atoms with Gasteiger partial charge in [-0.15, -0.1) is 0 Å². The van der Waals surface area contributed by atoms with Crippen LogP contribution >= 0.6 is 0 Å². The van der Waals surface area contributed by atoms with E-state index in [4.69, 9.17) is 0 Å². The van der Waals surface area contributed by atoms with Gasteiger partial charge in [0.15, 0.2) is 0 Å². The van der Waals surface area contributed by atoms with Gasteiger partial charge in [0.25, 0.3) is 0 Å². The van der Waals surface area contributed by atoms with Gasteiger partial charge >= 0.3 is 6.11 Å². The van der Waals surface area contributed by atoms with Crippen molar-refractivity contribution in [3.05, 3.63) is 90.3 Å². The van der Waals surface area contributed by atoms with Crippen LogP contribution in [0.5, 0.6) is 5.75 Å². The quantitative estimate of drug-likeness (QED) is 0.412. The lowest BCUT2D eigenvalue weighted by Crippen LogP contribution is -2.19. The zero-order chi connectivity index (χ0) is 24.1. The number of anilines is 1. The van der Waals surface area contributed by atoms with E-state index in [9.17, 15) is 13.6 Å². The summed E-state index contributed by atoms with van der Waals surface area (Å²) < 4.78 is 32.3. The fraction of sp³-hybridized carbons (Fsp3) is 0.200. The number of carbonyl (C=O) groups is 1. The minimum atomic E-state index is -3.30. The van der Waals surface area contributed by atoms with Crippen LogP contribution in [0.3, 0.4) is 0 Å². The zero-order valence-electron chi connectivity index (χ0n) is 18.7. The Balaban J connectivity index is 1.34. The molecule has 0 radical (unpaired) electrons. The molecule has 1 N–H and O–H groups in total. The SMILES string of the molecule is Cn1cc(Cc2ncc(-c3ccc(CC(=O)Nc4cccc(OC(C)(F)F)c4)cc3)cn2)cn1. The van der Waals surface area contributed by atoms with Crippen LogP contribution in [0.1, 0.15) is 23.9 Å². The normalized spacial score (nSPS) is 11.3. The van der Waals surface area contributed by atoms with Gasteiger partial charge in [-0.25, -0.2) is 9.97 Å². The first-order valence-corrected chi connectivity index (χ1v) is 10.6. The minimum absolute atomic E-state index is 0.0247. The van der Waals surface area contributed by atoms with Gasteiger partial charge in [-0.05, 0) is 28.8 Å². The smallest absolute Gasteiger partial charge is 0.394 e. The second-order valence-corrected chi connectivity index (χ2v) is 7.95. The molecule has 2 aromatic carbocycles. The first kappa shape index (κ1) is 23.0. The van der Waals surface area contributed by atoms with Gasteiger partial charge in [0.2, 0.25) is 5.91 Å². The molecule has 0 aliphatic rings. The number of amides is 1. The molecule has 0 bridgehead atoms. The van der Waals surface area contributed by atoms with Gasteiger partial charge in [-0.3, -0.25) is 9.48 Å². The van der Waals surface area contributed by atoms with Gasteiger partial charge in [0.05, 0.1) is 12.6 Å². The summed E-state index contributed by atoms with van der Waals surface area (Å²) in [6.45, 7) is 0.658. The Bertz CT molecular complexity index is 1270. The monoisotopic (exact) mass is 463 g/mol. The number of hydrogen-bond donors (Lipinski definition) is 1. The number of aryl methyl sites for hydroxylation is 1. The molecule has 0 saturated heterocycles. The first-order chi connectivity index (χ1) is 16.2. The molecular formula is C25H23F2N5O2. The Morgan fingerprint density at radius 1 is 1.03 bits per heavy atom. The number of alkyl halides is 2. The van der Waals surface area contributed by atoms with Crippen molar-refractivity contribution in [2.75, 3.05) is 5.32 Å². The number of hydrogen-bond acceptors (Lipinski definition) is 5. The van der Waals surface area contributed by atoms with Crippen LogP contribution < -0.4 is 10.1 Å². The Kier molecular flexibility index (Phi) is 6.62. The molecule has 34 heavy (non-hydrogen) atoms. The summed E-state index contributed by atoms with van der Waals surface area (Å²) in [5.41, 5.74) is 4.04. The van der Waals surface area contributed by atoms with Crippen molar-refractivity contribution in [1.82, 2.24) is 19.7 Å². The number of aromatic nitrogens is 4. The molecule has 0 saturated carbocycles. The van der Waals surface area contributed by atoms with E-state index in [1.54, 1.807) is 29.3 Å². The minimum Gasteiger partial charge on any atom is -0.433 e. The maximum absolute atomic E-state index is 13.0. The average molecular weight is 463 g/mol. The van der Waals surface area contributed by atoms with Gasteiger partial charge in [0, 0.05) is 56.3 Å². The third-order valence-electron chi connectivity index (χ3n) is 4.89. The second-order valence-electron chi connectivity index (χ2n) is 7.95. The predicted molar refractivity (Wildman–Crippen MR) is 124 cm³/mol. The lowest BCUT2D eigenvalue weighted by atomic mass is 10.0. The van der Waals surface area contributed by atoms with Crippen molar-refractivity contribution in [1.29, 1.82) is 0 Å². The molecule has 0 spiro atoms. The molecule has 0 aliphatic carbocycles. The van der Waals surface area contributed by atoms with Gasteiger partial charge in [0.1, 0.15) is 11.6 Å². The van der Waals surface area contributed by atoms with Crippen LogP contribution in [0.25, 0.3) is 11.1 Å². The molecule has 0 aliphatic heterocycles. The number of ether oxygens (including phenoxy) is 1. The molecule has 4 aromatic rings. The molecule has 9 heteroatoms. The van der Waals surface area contributed by atoms with Crippen LogP contribution in [0, 0.1) is 0 Å². The summed E-state index contributed by atoms with van der Waals surface area (Å²) in [4.78, 5) is 21.3. The summed E-state index contributed by atoms with van der Waals surface area (Å²) in [6, 6.07) is 13.4. The van der Waals surface area contributed by atoms with Crippen LogP contribution in [0.4, 0.5) is 14.5 Å². The zero-order valence-corrected chi connectivity index (χ0v) is 18.7. The van der Waals surface area contributed by atoms with E-state index in [0.29, 0.717) is 24.9 Å². The summed E-state index contributed by atoms with van der Waals surface area (Å²) in [7, 11) is 1.87. The Hall–Kier alpha value is -4.14. The van der Waals surface area contributed by atoms with Crippen LogP contribution in [-0.4, -0.2) is 31.8 Å². The highest BCUT2D eigenvalue weighted by Gasteiger charge is 2.23. The largest absolute Gasteiger partial charge is 0.433 e. The lowest BCUT2D eigenvalue weighted by molar-refractivity contribution is -0.158. The molecule has 1 amide bonds. The van der Waals surface area contributed by atoms with Crippen LogP contribution in [0.15, 0.2) is 73.3 Å². The van der Waals surface area contributed by atoms with E-state index in [2.05, 4.69) is 25.1 Å². The van der Waals surface area contributed by atoms with Crippen LogP contribution in [0.2, 0.25) is 0 Å². The Morgan fingerprint density at radius 2 is 1.76 bits per heavy atom. The number of carbonyl (C=O) groups excluding carboxylic acids is 1. The van der Waals surface area contributed by atoms with Crippen molar-refractivity contribution in [3.63, 3.8) is 0 Å². The van der Waals surface area contributed by atoms with E-state index in [1.807, 2.05) is 37.5 Å². The number of rotatable bonds is 8. The topological polar surface area (TPSA) is 81.9 Å². The molecule has 0 atom stereocenters. The fourth-order valence-electron chi connectivity index (χ4n) is 3.39. The third-order valence-corrected chi connectivity index (χ3v) is 4.89.